The van der Waals surface area contributed by atoms with Gasteiger partial charge < -0.3 is 25.2 Å². The number of benzene rings is 1. The fourth-order valence-corrected chi connectivity index (χ4v) is 1.90. The van der Waals surface area contributed by atoms with Crippen molar-refractivity contribution in [2.75, 3.05) is 13.7 Å². The van der Waals surface area contributed by atoms with Crippen molar-refractivity contribution < 1.29 is 24.2 Å². The van der Waals surface area contributed by atoms with Gasteiger partial charge in [-0.15, -0.1) is 0 Å². The Bertz CT molecular complexity index is 581. The van der Waals surface area contributed by atoms with Crippen molar-refractivity contribution in [3.05, 3.63) is 23.8 Å². The minimum absolute atomic E-state index is 0.110. The Morgan fingerprint density at radius 2 is 1.92 bits per heavy atom. The quantitative estimate of drug-likeness (QED) is 0.665. The van der Waals surface area contributed by atoms with Crippen molar-refractivity contribution in [3.8, 4) is 11.5 Å². The van der Waals surface area contributed by atoms with Gasteiger partial charge in [0, 0.05) is 12.1 Å². The summed E-state index contributed by atoms with van der Waals surface area (Å²) in [5.41, 5.74) is 0.535. The Morgan fingerprint density at radius 3 is 2.46 bits per heavy atom. The molecular formula is C17H26N2O5. The lowest BCUT2D eigenvalue weighted by molar-refractivity contribution is -0.139. The van der Waals surface area contributed by atoms with Gasteiger partial charge in [0.1, 0.15) is 6.04 Å². The molecule has 0 heterocycles. The number of rotatable bonds is 8. The maximum atomic E-state index is 11.8. The molecule has 1 aromatic rings. The molecule has 0 spiro atoms. The Morgan fingerprint density at radius 1 is 1.25 bits per heavy atom. The Balaban J connectivity index is 2.66. The van der Waals surface area contributed by atoms with E-state index in [4.69, 9.17) is 14.6 Å². The Kier molecular flexibility index (Phi) is 7.03. The van der Waals surface area contributed by atoms with Gasteiger partial charge in [0.2, 0.25) is 0 Å². The molecule has 0 bridgehead atoms. The first kappa shape index (κ1) is 19.8. The highest BCUT2D eigenvalue weighted by Gasteiger charge is 2.15. The van der Waals surface area contributed by atoms with Crippen molar-refractivity contribution in [2.45, 2.75) is 45.8 Å². The van der Waals surface area contributed by atoms with E-state index in [-0.39, 0.29) is 18.1 Å². The number of ether oxygens (including phenoxy) is 2. The van der Waals surface area contributed by atoms with Gasteiger partial charge >= 0.3 is 5.97 Å². The summed E-state index contributed by atoms with van der Waals surface area (Å²) >= 11 is 0. The molecule has 1 amide bonds. The Labute approximate surface area is 142 Å². The third kappa shape index (κ3) is 6.87. The predicted molar refractivity (Wildman–Crippen MR) is 90.3 cm³/mol. The molecule has 7 heteroatoms. The molecule has 0 aliphatic rings. The molecule has 3 N–H and O–H groups in total. The summed E-state index contributed by atoms with van der Waals surface area (Å²) in [4.78, 5) is 22.6. The lowest BCUT2D eigenvalue weighted by atomic mass is 10.1. The number of methoxy groups -OCH3 is 1. The maximum Gasteiger partial charge on any atom is 0.320 e. The highest BCUT2D eigenvalue weighted by atomic mass is 16.5. The number of nitrogens with one attached hydrogen (secondary N) is 2. The first-order valence-electron chi connectivity index (χ1n) is 7.69. The number of carboxylic acid groups (broad SMARTS) is 1. The second kappa shape index (κ2) is 8.54. The molecule has 0 aliphatic carbocycles. The molecule has 24 heavy (non-hydrogen) atoms. The van der Waals surface area contributed by atoms with E-state index in [0.717, 1.165) is 5.56 Å². The van der Waals surface area contributed by atoms with Crippen LogP contribution in [0.3, 0.4) is 0 Å². The lowest BCUT2D eigenvalue weighted by Crippen LogP contribution is -2.43. The Hall–Kier alpha value is -2.28. The summed E-state index contributed by atoms with van der Waals surface area (Å²) in [6.45, 7) is 7.53. The zero-order valence-electron chi connectivity index (χ0n) is 14.8. The van der Waals surface area contributed by atoms with Gasteiger partial charge in [-0.1, -0.05) is 6.07 Å². The normalized spacial score (nSPS) is 12.4. The van der Waals surface area contributed by atoms with Crippen molar-refractivity contribution in [1.82, 2.24) is 10.6 Å². The third-order valence-corrected chi connectivity index (χ3v) is 3.08. The number of carbonyl (C=O) groups excluding carboxylic acids is 1. The second-order valence-corrected chi connectivity index (χ2v) is 6.51. The summed E-state index contributed by atoms with van der Waals surface area (Å²) in [7, 11) is 1.51. The van der Waals surface area contributed by atoms with Crippen LogP contribution in [-0.2, 0) is 16.1 Å². The van der Waals surface area contributed by atoms with Gasteiger partial charge in [-0.3, -0.25) is 9.59 Å². The molecule has 1 atom stereocenters. The van der Waals surface area contributed by atoms with Crippen LogP contribution in [0.2, 0.25) is 0 Å². The molecule has 7 nitrogen and oxygen atoms in total. The number of carbonyl (C=O) groups is 2. The fraction of sp³-hybridized carbons (Fsp3) is 0.529. The van der Waals surface area contributed by atoms with Crippen LogP contribution in [0.1, 0.15) is 33.3 Å². The first-order chi connectivity index (χ1) is 11.1. The molecule has 1 aromatic carbocycles. The summed E-state index contributed by atoms with van der Waals surface area (Å²) in [6.07, 6.45) is 0. The monoisotopic (exact) mass is 338 g/mol. The van der Waals surface area contributed by atoms with Crippen LogP contribution >= 0.6 is 0 Å². The van der Waals surface area contributed by atoms with Crippen LogP contribution in [0.4, 0.5) is 0 Å². The van der Waals surface area contributed by atoms with Crippen molar-refractivity contribution >= 4 is 11.9 Å². The van der Waals surface area contributed by atoms with Crippen LogP contribution in [0, 0.1) is 0 Å². The molecule has 0 saturated carbocycles. The van der Waals surface area contributed by atoms with E-state index >= 15 is 0 Å². The zero-order valence-corrected chi connectivity index (χ0v) is 14.8. The van der Waals surface area contributed by atoms with E-state index in [2.05, 4.69) is 10.6 Å². The van der Waals surface area contributed by atoms with Gasteiger partial charge in [-0.25, -0.2) is 0 Å². The fourth-order valence-electron chi connectivity index (χ4n) is 1.90. The number of hydrogen-bond acceptors (Lipinski definition) is 5. The topological polar surface area (TPSA) is 96.9 Å². The molecule has 1 rings (SSSR count). The first-order valence-corrected chi connectivity index (χ1v) is 7.69. The highest BCUT2D eigenvalue weighted by Crippen LogP contribution is 2.28. The smallest absolute Gasteiger partial charge is 0.320 e. The van der Waals surface area contributed by atoms with Gasteiger partial charge in [-0.05, 0) is 45.4 Å². The molecule has 0 aromatic heterocycles. The summed E-state index contributed by atoms with van der Waals surface area (Å²) in [5.74, 6) is -0.185. The van der Waals surface area contributed by atoms with E-state index in [1.807, 2.05) is 20.8 Å². The molecule has 0 saturated heterocycles. The van der Waals surface area contributed by atoms with Crippen LogP contribution < -0.4 is 20.1 Å². The van der Waals surface area contributed by atoms with Gasteiger partial charge in [0.25, 0.3) is 5.91 Å². The van der Waals surface area contributed by atoms with E-state index in [9.17, 15) is 9.59 Å². The van der Waals surface area contributed by atoms with E-state index in [1.54, 1.807) is 25.1 Å². The number of aliphatic carboxylic acids is 1. The van der Waals surface area contributed by atoms with Crippen LogP contribution in [0.25, 0.3) is 0 Å². The number of amides is 1. The van der Waals surface area contributed by atoms with E-state index in [1.165, 1.54) is 7.11 Å². The van der Waals surface area contributed by atoms with E-state index < -0.39 is 12.0 Å². The average molecular weight is 338 g/mol. The van der Waals surface area contributed by atoms with Crippen molar-refractivity contribution in [1.29, 1.82) is 0 Å². The van der Waals surface area contributed by atoms with Gasteiger partial charge in [0.15, 0.2) is 18.1 Å². The summed E-state index contributed by atoms with van der Waals surface area (Å²) in [6, 6.07) is 4.60. The SMILES string of the molecule is COc1cc(CNC(C)C(=O)O)ccc1OCC(=O)NC(C)(C)C. The molecule has 0 aliphatic heterocycles. The zero-order chi connectivity index (χ0) is 18.3. The standard InChI is InChI=1S/C17H26N2O5/c1-11(16(21)22)18-9-12-6-7-13(14(8-12)23-5)24-10-15(20)19-17(2,3)4/h6-8,11,18H,9-10H2,1-5H3,(H,19,20)(H,21,22). The van der Waals surface area contributed by atoms with Crippen LogP contribution in [-0.4, -0.2) is 42.3 Å². The number of carboxylic acids is 1. The minimum atomic E-state index is -0.910. The minimum Gasteiger partial charge on any atom is -0.493 e. The lowest BCUT2D eigenvalue weighted by Gasteiger charge is -2.20. The van der Waals surface area contributed by atoms with Crippen LogP contribution in [0.15, 0.2) is 18.2 Å². The summed E-state index contributed by atoms with van der Waals surface area (Å²) in [5, 5.41) is 14.6. The van der Waals surface area contributed by atoms with Crippen LogP contribution in [0.5, 0.6) is 11.5 Å². The van der Waals surface area contributed by atoms with Crippen molar-refractivity contribution in [2.24, 2.45) is 0 Å². The van der Waals surface area contributed by atoms with Gasteiger partial charge in [0.05, 0.1) is 7.11 Å². The molecule has 0 fully saturated rings. The molecule has 0 radical (unpaired) electrons. The van der Waals surface area contributed by atoms with E-state index in [0.29, 0.717) is 18.0 Å². The van der Waals surface area contributed by atoms with Gasteiger partial charge in [-0.2, -0.15) is 0 Å². The summed E-state index contributed by atoms with van der Waals surface area (Å²) < 4.78 is 10.8. The molecular weight excluding hydrogens is 312 g/mol. The predicted octanol–water partition coefficient (Wildman–Crippen LogP) is 1.55. The highest BCUT2D eigenvalue weighted by molar-refractivity contribution is 5.78. The largest absolute Gasteiger partial charge is 0.493 e. The average Bonchev–Trinajstić information content (AvgIpc) is 2.48. The maximum absolute atomic E-state index is 11.8. The van der Waals surface area contributed by atoms with Crippen molar-refractivity contribution in [3.63, 3.8) is 0 Å². The molecule has 1 unspecified atom stereocenters. The second-order valence-electron chi connectivity index (χ2n) is 6.51. The number of hydrogen-bond donors (Lipinski definition) is 3. The molecule has 134 valence electrons. The third-order valence-electron chi connectivity index (χ3n) is 3.08.